The maximum atomic E-state index is 10.3. The third-order valence-electron chi connectivity index (χ3n) is 8.27. The Labute approximate surface area is 334 Å². The largest absolute Gasteiger partial charge is 0.469 e. The van der Waals surface area contributed by atoms with E-state index in [2.05, 4.69) is 65.4 Å². The maximum Gasteiger partial charge on any atom is 0.308 e. The molecule has 0 aliphatic rings. The van der Waals surface area contributed by atoms with Gasteiger partial charge in [-0.3, -0.25) is 4.79 Å². The summed E-state index contributed by atoms with van der Waals surface area (Å²) < 4.78 is 4.37. The third-order valence-corrected chi connectivity index (χ3v) is 8.84. The van der Waals surface area contributed by atoms with Gasteiger partial charge in [0.2, 0.25) is 0 Å². The van der Waals surface area contributed by atoms with E-state index in [1.807, 2.05) is 98.8 Å². The van der Waals surface area contributed by atoms with E-state index < -0.39 is 0 Å². The van der Waals surface area contributed by atoms with Gasteiger partial charge in [0.15, 0.2) is 0 Å². The minimum absolute atomic E-state index is 0. The Kier molecular flexibility index (Phi) is 16.4. The number of carbonyl (C=O) groups is 1. The standard InChI is InChI=1S/C40H30Cl2N2.C5H10O2.CH3.Ni/c1-27(43-39-35(31-19-11-5-12-20-31)23-33(25-37(39)41)29-15-7-3-8-16-29)28(2)44-40-36(32-21-13-6-14-22-32)24-34(26-38(40)42)30-17-9-4-10-18-30;1-4(2)5(6)7-3;;/h3-26H,1-2H3;4H,1-3H3;1H3;/q;;-1;. The van der Waals surface area contributed by atoms with Crippen LogP contribution in [-0.2, 0) is 26.0 Å². The SMILES string of the molecule is CC(=Nc1c(Cl)cc(-c2ccccc2)cc1-c1ccccc1)C(C)=Nc1c(Cl)cc(-c2ccccc2)cc1-c1ccccc1.COC(=O)C(C)C.[CH3-].[Ni]. The molecule has 0 saturated carbocycles. The molecular weight excluding hydrogens is 742 g/mol. The van der Waals surface area contributed by atoms with E-state index in [4.69, 9.17) is 33.2 Å². The molecule has 0 bridgehead atoms. The predicted octanol–water partition coefficient (Wildman–Crippen LogP) is 13.8. The minimum Gasteiger partial charge on any atom is -0.469 e. The molecule has 6 aromatic rings. The zero-order chi connectivity index (χ0) is 36.3. The van der Waals surface area contributed by atoms with Gasteiger partial charge in [-0.25, -0.2) is 9.98 Å². The fourth-order valence-electron chi connectivity index (χ4n) is 5.43. The quantitative estimate of drug-likeness (QED) is 0.0668. The van der Waals surface area contributed by atoms with Gasteiger partial charge in [-0.2, -0.15) is 0 Å². The van der Waals surface area contributed by atoms with Crippen LogP contribution in [0.15, 0.2) is 156 Å². The zero-order valence-electron chi connectivity index (χ0n) is 30.7. The zero-order valence-corrected chi connectivity index (χ0v) is 33.2. The molecule has 0 radical (unpaired) electrons. The monoisotopic (exact) mass is 783 g/mol. The van der Waals surface area contributed by atoms with Crippen molar-refractivity contribution < 1.29 is 26.0 Å². The summed E-state index contributed by atoms with van der Waals surface area (Å²) >= 11 is 14.0. The maximum absolute atomic E-state index is 10.3. The van der Waals surface area contributed by atoms with Crippen molar-refractivity contribution in [2.75, 3.05) is 7.11 Å². The second-order valence-electron chi connectivity index (χ2n) is 12.2. The molecule has 274 valence electrons. The number of esters is 1. The molecule has 53 heavy (non-hydrogen) atoms. The first-order chi connectivity index (χ1) is 24.7. The van der Waals surface area contributed by atoms with Crippen molar-refractivity contribution in [3.05, 3.63) is 163 Å². The first-order valence-electron chi connectivity index (χ1n) is 16.7. The normalized spacial score (nSPS) is 11.1. The number of halogens is 2. The number of carbonyl (C=O) groups excluding carboxylic acids is 1. The molecule has 0 aromatic heterocycles. The van der Waals surface area contributed by atoms with E-state index >= 15 is 0 Å². The van der Waals surface area contributed by atoms with Gasteiger partial charge in [0.05, 0.1) is 45.9 Å². The molecule has 0 N–H and O–H groups in total. The molecular formula is C46H43Cl2N2NiO2-. The number of benzene rings is 6. The van der Waals surface area contributed by atoms with Crippen LogP contribution in [0, 0.1) is 13.3 Å². The second-order valence-corrected chi connectivity index (χ2v) is 13.1. The summed E-state index contributed by atoms with van der Waals surface area (Å²) in [6.07, 6.45) is 0. The van der Waals surface area contributed by atoms with Gasteiger partial charge in [-0.05, 0) is 71.5 Å². The summed E-state index contributed by atoms with van der Waals surface area (Å²) in [4.78, 5) is 20.4. The summed E-state index contributed by atoms with van der Waals surface area (Å²) in [6.45, 7) is 7.52. The number of ether oxygens (including phenoxy) is 1. The summed E-state index contributed by atoms with van der Waals surface area (Å²) in [5.41, 5.74) is 11.2. The van der Waals surface area contributed by atoms with Crippen molar-refractivity contribution in [2.24, 2.45) is 15.9 Å². The summed E-state index contributed by atoms with van der Waals surface area (Å²) in [5.74, 6) is -0.148. The van der Waals surface area contributed by atoms with Gasteiger partial charge < -0.3 is 12.2 Å². The molecule has 0 amide bonds. The smallest absolute Gasteiger partial charge is 0.308 e. The van der Waals surface area contributed by atoms with Gasteiger partial charge in [0.25, 0.3) is 0 Å². The molecule has 0 unspecified atom stereocenters. The third kappa shape index (κ3) is 11.1. The Morgan fingerprint density at radius 3 is 1.09 bits per heavy atom. The first kappa shape index (κ1) is 42.6. The summed E-state index contributed by atoms with van der Waals surface area (Å²) in [6, 6.07) is 49.2. The van der Waals surface area contributed by atoms with Crippen molar-refractivity contribution in [1.82, 2.24) is 0 Å². The van der Waals surface area contributed by atoms with E-state index in [0.717, 1.165) is 55.9 Å². The topological polar surface area (TPSA) is 51.0 Å². The number of aliphatic imine (C=N–C) groups is 2. The summed E-state index contributed by atoms with van der Waals surface area (Å²) in [5, 5.41) is 1.15. The van der Waals surface area contributed by atoms with Crippen molar-refractivity contribution in [1.29, 1.82) is 0 Å². The molecule has 0 heterocycles. The van der Waals surface area contributed by atoms with Crippen LogP contribution in [-0.4, -0.2) is 24.5 Å². The van der Waals surface area contributed by atoms with Crippen LogP contribution >= 0.6 is 23.2 Å². The molecule has 0 atom stereocenters. The average molecular weight is 785 g/mol. The Morgan fingerprint density at radius 2 is 0.830 bits per heavy atom. The number of rotatable bonds is 8. The van der Waals surface area contributed by atoms with E-state index in [1.165, 1.54) is 7.11 Å². The van der Waals surface area contributed by atoms with E-state index in [0.29, 0.717) is 21.4 Å². The molecule has 0 spiro atoms. The van der Waals surface area contributed by atoms with E-state index in [1.54, 1.807) is 13.8 Å². The molecule has 6 aromatic carbocycles. The Bertz CT molecular complexity index is 2010. The number of hydrogen-bond donors (Lipinski definition) is 0. The van der Waals surface area contributed by atoms with Crippen LogP contribution in [0.4, 0.5) is 11.4 Å². The number of hydrogen-bond acceptors (Lipinski definition) is 4. The first-order valence-corrected chi connectivity index (χ1v) is 17.5. The Hall–Kier alpha value is -4.80. The van der Waals surface area contributed by atoms with E-state index in [9.17, 15) is 4.79 Å². The minimum atomic E-state index is -0.153. The van der Waals surface area contributed by atoms with Crippen molar-refractivity contribution >= 4 is 52.0 Å². The summed E-state index contributed by atoms with van der Waals surface area (Å²) in [7, 11) is 1.39. The van der Waals surface area contributed by atoms with Crippen LogP contribution in [0.25, 0.3) is 44.5 Å². The second kappa shape index (κ2) is 20.4. The van der Waals surface area contributed by atoms with Crippen LogP contribution in [0.1, 0.15) is 27.7 Å². The number of nitrogens with zero attached hydrogens (tertiary/aromatic N) is 2. The van der Waals surface area contributed by atoms with Gasteiger partial charge in [0, 0.05) is 27.6 Å². The van der Waals surface area contributed by atoms with Crippen LogP contribution in [0.3, 0.4) is 0 Å². The van der Waals surface area contributed by atoms with Crippen molar-refractivity contribution in [3.63, 3.8) is 0 Å². The molecule has 0 aliphatic carbocycles. The van der Waals surface area contributed by atoms with Gasteiger partial charge in [-0.1, -0.05) is 158 Å². The Balaban J connectivity index is 0.000000767. The molecule has 0 aliphatic heterocycles. The van der Waals surface area contributed by atoms with Crippen LogP contribution < -0.4 is 0 Å². The fraction of sp³-hybridized carbons (Fsp3) is 0.130. The fourth-order valence-corrected chi connectivity index (χ4v) is 5.95. The molecule has 6 rings (SSSR count). The van der Waals surface area contributed by atoms with Crippen LogP contribution in [0.2, 0.25) is 10.0 Å². The predicted molar refractivity (Wildman–Crippen MR) is 223 cm³/mol. The van der Waals surface area contributed by atoms with Gasteiger partial charge in [-0.15, -0.1) is 0 Å². The molecule has 0 saturated heterocycles. The molecule has 7 heteroatoms. The molecule has 4 nitrogen and oxygen atoms in total. The van der Waals surface area contributed by atoms with Crippen molar-refractivity contribution in [3.8, 4) is 44.5 Å². The van der Waals surface area contributed by atoms with Crippen LogP contribution in [0.5, 0.6) is 0 Å². The van der Waals surface area contributed by atoms with Crippen molar-refractivity contribution in [2.45, 2.75) is 27.7 Å². The Morgan fingerprint density at radius 1 is 0.528 bits per heavy atom. The van der Waals surface area contributed by atoms with E-state index in [-0.39, 0.29) is 35.8 Å². The number of methoxy groups -OCH3 is 1. The van der Waals surface area contributed by atoms with Gasteiger partial charge in [0.1, 0.15) is 0 Å². The molecule has 0 fully saturated rings. The average Bonchev–Trinajstić information content (AvgIpc) is 3.17. The van der Waals surface area contributed by atoms with Gasteiger partial charge >= 0.3 is 5.97 Å².